The van der Waals surface area contributed by atoms with Gasteiger partial charge in [-0.1, -0.05) is 0 Å². The van der Waals surface area contributed by atoms with Gasteiger partial charge in [0.1, 0.15) is 23.3 Å². The highest BCUT2D eigenvalue weighted by molar-refractivity contribution is 5.59. The topological polar surface area (TPSA) is 63.8 Å². The maximum atomic E-state index is 13.4. The lowest BCUT2D eigenvalue weighted by Crippen LogP contribution is -2.13. The Morgan fingerprint density at radius 3 is 2.40 bits per heavy atom. The van der Waals surface area contributed by atoms with Crippen molar-refractivity contribution in [3.63, 3.8) is 0 Å². The minimum absolute atomic E-state index is 0.365. The number of hydrogen-bond acceptors (Lipinski definition) is 4. The van der Waals surface area contributed by atoms with E-state index in [0.717, 1.165) is 24.3 Å². The maximum Gasteiger partial charge on any atom is 0.451 e. The first-order chi connectivity index (χ1) is 9.25. The van der Waals surface area contributed by atoms with Crippen LogP contribution < -0.4 is 11.1 Å². The molecule has 0 amide bonds. The van der Waals surface area contributed by atoms with Gasteiger partial charge in [-0.25, -0.2) is 18.7 Å². The molecule has 0 saturated heterocycles. The minimum Gasteiger partial charge on any atom is -0.384 e. The molecule has 20 heavy (non-hydrogen) atoms. The van der Waals surface area contributed by atoms with Crippen LogP contribution in [0.2, 0.25) is 0 Å². The van der Waals surface area contributed by atoms with Gasteiger partial charge in [-0.3, -0.25) is 0 Å². The van der Waals surface area contributed by atoms with Crippen molar-refractivity contribution in [2.45, 2.75) is 6.18 Å². The van der Waals surface area contributed by atoms with E-state index in [4.69, 9.17) is 5.73 Å². The van der Waals surface area contributed by atoms with Gasteiger partial charge in [0, 0.05) is 12.1 Å². The summed E-state index contributed by atoms with van der Waals surface area (Å²) in [5.41, 5.74) is 4.85. The van der Waals surface area contributed by atoms with Crippen molar-refractivity contribution in [3.8, 4) is 0 Å². The molecule has 0 aliphatic carbocycles. The Kier molecular flexibility index (Phi) is 3.43. The first-order valence-electron chi connectivity index (χ1n) is 5.19. The van der Waals surface area contributed by atoms with E-state index < -0.39 is 35.3 Å². The highest BCUT2D eigenvalue weighted by Gasteiger charge is 2.35. The summed E-state index contributed by atoms with van der Waals surface area (Å²) in [5.74, 6) is -3.93. The van der Waals surface area contributed by atoms with E-state index in [-0.39, 0.29) is 5.69 Å². The van der Waals surface area contributed by atoms with Crippen LogP contribution in [0.5, 0.6) is 0 Å². The molecule has 0 radical (unpaired) electrons. The summed E-state index contributed by atoms with van der Waals surface area (Å²) in [6.07, 6.45) is -4.80. The van der Waals surface area contributed by atoms with E-state index in [0.29, 0.717) is 0 Å². The molecule has 4 nitrogen and oxygen atoms in total. The van der Waals surface area contributed by atoms with Gasteiger partial charge in [0.15, 0.2) is 0 Å². The predicted octanol–water partition coefficient (Wildman–Crippen LogP) is 3.10. The monoisotopic (exact) mass is 290 g/mol. The van der Waals surface area contributed by atoms with Gasteiger partial charge in [0.05, 0.1) is 5.69 Å². The highest BCUT2D eigenvalue weighted by Crippen LogP contribution is 2.29. The molecule has 9 heteroatoms. The van der Waals surface area contributed by atoms with E-state index in [1.165, 1.54) is 0 Å². The molecule has 0 saturated carbocycles. The number of benzene rings is 1. The predicted molar refractivity (Wildman–Crippen MR) is 61.1 cm³/mol. The normalized spacial score (nSPS) is 11.4. The summed E-state index contributed by atoms with van der Waals surface area (Å²) in [6.45, 7) is 0. The van der Waals surface area contributed by atoms with Crippen molar-refractivity contribution < 1.29 is 22.0 Å². The third-order valence-electron chi connectivity index (χ3n) is 2.19. The third-order valence-corrected chi connectivity index (χ3v) is 2.19. The van der Waals surface area contributed by atoms with Gasteiger partial charge >= 0.3 is 6.18 Å². The molecular formula is C11H7F5N4. The van der Waals surface area contributed by atoms with Gasteiger partial charge in [-0.05, 0) is 12.1 Å². The smallest absolute Gasteiger partial charge is 0.384 e. The number of halogens is 5. The first-order valence-corrected chi connectivity index (χ1v) is 5.19. The zero-order valence-corrected chi connectivity index (χ0v) is 9.67. The van der Waals surface area contributed by atoms with Crippen LogP contribution in [0.3, 0.4) is 0 Å². The lowest BCUT2D eigenvalue weighted by Gasteiger charge is -2.10. The van der Waals surface area contributed by atoms with Crippen LogP contribution in [-0.4, -0.2) is 9.97 Å². The van der Waals surface area contributed by atoms with Gasteiger partial charge in [-0.2, -0.15) is 13.2 Å². The lowest BCUT2D eigenvalue weighted by atomic mass is 10.3. The number of hydrogen-bond donors (Lipinski definition) is 2. The number of alkyl halides is 3. The Labute approximate surface area is 109 Å². The molecule has 1 aromatic carbocycles. The second-order valence-electron chi connectivity index (χ2n) is 3.75. The Morgan fingerprint density at radius 2 is 1.75 bits per heavy atom. The molecule has 3 N–H and O–H groups in total. The van der Waals surface area contributed by atoms with Crippen LogP contribution in [0.15, 0.2) is 24.3 Å². The van der Waals surface area contributed by atoms with Crippen molar-refractivity contribution in [2.75, 3.05) is 11.1 Å². The van der Waals surface area contributed by atoms with E-state index in [1.807, 2.05) is 0 Å². The molecule has 0 spiro atoms. The summed E-state index contributed by atoms with van der Waals surface area (Å²) in [6, 6.07) is 3.45. The Balaban J connectivity index is 2.39. The molecule has 0 atom stereocenters. The lowest BCUT2D eigenvalue weighted by molar-refractivity contribution is -0.144. The van der Waals surface area contributed by atoms with Gasteiger partial charge in [0.25, 0.3) is 0 Å². The molecule has 1 aromatic heterocycles. The standard InChI is InChI=1S/C11H7F5N4/c12-5-1-2-6(13)7(3-5)18-9-4-8(17)19-10(20-9)11(14,15)16/h1-4H,(H3,17,18,19,20). The average molecular weight is 290 g/mol. The Morgan fingerprint density at radius 1 is 1.05 bits per heavy atom. The summed E-state index contributed by atoms with van der Waals surface area (Å²) in [4.78, 5) is 6.18. The molecular weight excluding hydrogens is 283 g/mol. The second-order valence-corrected chi connectivity index (χ2v) is 3.75. The maximum absolute atomic E-state index is 13.4. The summed E-state index contributed by atoms with van der Waals surface area (Å²) in [7, 11) is 0. The number of nitrogens with zero attached hydrogens (tertiary/aromatic N) is 2. The number of aromatic nitrogens is 2. The number of anilines is 3. The second kappa shape index (κ2) is 4.91. The molecule has 2 rings (SSSR count). The molecule has 0 unspecified atom stereocenters. The fraction of sp³-hybridized carbons (Fsp3) is 0.0909. The molecule has 2 aromatic rings. The quantitative estimate of drug-likeness (QED) is 0.834. The van der Waals surface area contributed by atoms with Crippen LogP contribution in [0, 0.1) is 11.6 Å². The Hall–Kier alpha value is -2.45. The van der Waals surface area contributed by atoms with Crippen molar-refractivity contribution >= 4 is 17.3 Å². The summed E-state index contributed by atoms with van der Waals surface area (Å²) in [5, 5.41) is 2.22. The first kappa shape index (κ1) is 14.0. The zero-order chi connectivity index (χ0) is 14.9. The van der Waals surface area contributed by atoms with E-state index in [2.05, 4.69) is 15.3 Å². The van der Waals surface area contributed by atoms with Crippen LogP contribution in [0.1, 0.15) is 5.82 Å². The van der Waals surface area contributed by atoms with Crippen LogP contribution in [0.4, 0.5) is 39.3 Å². The van der Waals surface area contributed by atoms with E-state index >= 15 is 0 Å². The van der Waals surface area contributed by atoms with Crippen molar-refractivity contribution in [2.24, 2.45) is 0 Å². The molecule has 106 valence electrons. The van der Waals surface area contributed by atoms with Crippen molar-refractivity contribution in [1.29, 1.82) is 0 Å². The van der Waals surface area contributed by atoms with Crippen LogP contribution in [0.25, 0.3) is 0 Å². The largest absolute Gasteiger partial charge is 0.451 e. The zero-order valence-electron chi connectivity index (χ0n) is 9.67. The number of rotatable bonds is 2. The van der Waals surface area contributed by atoms with Crippen molar-refractivity contribution in [3.05, 3.63) is 41.7 Å². The number of nitrogens with two attached hydrogens (primary N) is 1. The van der Waals surface area contributed by atoms with Gasteiger partial charge in [0.2, 0.25) is 5.82 Å². The minimum atomic E-state index is -4.80. The molecule has 0 aliphatic rings. The fourth-order valence-electron chi connectivity index (χ4n) is 1.39. The fourth-order valence-corrected chi connectivity index (χ4v) is 1.39. The SMILES string of the molecule is Nc1cc(Nc2cc(F)ccc2F)nc(C(F)(F)F)n1. The third kappa shape index (κ3) is 3.11. The van der Waals surface area contributed by atoms with Crippen LogP contribution in [-0.2, 0) is 6.18 Å². The van der Waals surface area contributed by atoms with Crippen LogP contribution >= 0.6 is 0 Å². The van der Waals surface area contributed by atoms with E-state index in [1.54, 1.807) is 0 Å². The van der Waals surface area contributed by atoms with Gasteiger partial charge < -0.3 is 11.1 Å². The molecule has 0 fully saturated rings. The average Bonchev–Trinajstić information content (AvgIpc) is 2.32. The summed E-state index contributed by atoms with van der Waals surface area (Å²) >= 11 is 0. The van der Waals surface area contributed by atoms with Crippen molar-refractivity contribution in [1.82, 2.24) is 9.97 Å². The molecule has 1 heterocycles. The van der Waals surface area contributed by atoms with E-state index in [9.17, 15) is 22.0 Å². The van der Waals surface area contributed by atoms with Gasteiger partial charge in [-0.15, -0.1) is 0 Å². The highest BCUT2D eigenvalue weighted by atomic mass is 19.4. The summed E-state index contributed by atoms with van der Waals surface area (Å²) < 4.78 is 63.8. The molecule has 0 bridgehead atoms. The number of nitrogen functional groups attached to an aromatic ring is 1. The number of nitrogens with one attached hydrogen (secondary N) is 1. The molecule has 0 aliphatic heterocycles. The Bertz CT molecular complexity index is 641.